The van der Waals surface area contributed by atoms with Gasteiger partial charge < -0.3 is 15.0 Å². The van der Waals surface area contributed by atoms with Crippen molar-refractivity contribution < 1.29 is 4.74 Å². The van der Waals surface area contributed by atoms with Crippen molar-refractivity contribution in [3.63, 3.8) is 0 Å². The minimum Gasteiger partial charge on any atom is -0.496 e. The van der Waals surface area contributed by atoms with Gasteiger partial charge in [-0.1, -0.05) is 13.8 Å². The monoisotopic (exact) mass is 312 g/mol. The lowest BCUT2D eigenvalue weighted by atomic mass is 10.00. The van der Waals surface area contributed by atoms with Gasteiger partial charge in [0, 0.05) is 31.4 Å². The summed E-state index contributed by atoms with van der Waals surface area (Å²) >= 11 is 3.56. The Balaban J connectivity index is 2.25. The molecule has 0 aromatic heterocycles. The highest BCUT2D eigenvalue weighted by Gasteiger charge is 2.25. The van der Waals surface area contributed by atoms with Crippen LogP contribution in [0.15, 0.2) is 22.7 Å². The molecule has 0 radical (unpaired) electrons. The topological polar surface area (TPSA) is 24.5 Å². The van der Waals surface area contributed by atoms with E-state index in [0.29, 0.717) is 12.0 Å². The molecule has 1 fully saturated rings. The number of halogens is 1. The van der Waals surface area contributed by atoms with Crippen molar-refractivity contribution in [2.24, 2.45) is 5.92 Å². The molecule has 2 rings (SSSR count). The van der Waals surface area contributed by atoms with Crippen molar-refractivity contribution in [1.29, 1.82) is 0 Å². The zero-order chi connectivity index (χ0) is 13.1. The van der Waals surface area contributed by atoms with Crippen LogP contribution in [-0.4, -0.2) is 32.8 Å². The van der Waals surface area contributed by atoms with Crippen LogP contribution in [0.4, 0.5) is 5.69 Å². The first-order valence-corrected chi connectivity index (χ1v) is 7.23. The number of ether oxygens (including phenoxy) is 1. The number of nitrogens with one attached hydrogen (secondary N) is 1. The maximum Gasteiger partial charge on any atom is 0.133 e. The zero-order valence-electron chi connectivity index (χ0n) is 11.2. The van der Waals surface area contributed by atoms with Gasteiger partial charge in [0.1, 0.15) is 5.75 Å². The first kappa shape index (κ1) is 13.7. The second kappa shape index (κ2) is 5.93. The summed E-state index contributed by atoms with van der Waals surface area (Å²) in [7, 11) is 1.70. The molecule has 0 saturated carbocycles. The Morgan fingerprint density at radius 1 is 1.44 bits per heavy atom. The van der Waals surface area contributed by atoms with Gasteiger partial charge in [-0.2, -0.15) is 0 Å². The van der Waals surface area contributed by atoms with Gasteiger partial charge in [0.05, 0.1) is 11.6 Å². The molecule has 1 aliphatic rings. The fourth-order valence-electron chi connectivity index (χ4n) is 2.48. The molecule has 1 unspecified atom stereocenters. The van der Waals surface area contributed by atoms with Gasteiger partial charge in [-0.15, -0.1) is 0 Å². The van der Waals surface area contributed by atoms with Crippen molar-refractivity contribution >= 4 is 21.6 Å². The molecule has 3 nitrogen and oxygen atoms in total. The Kier molecular flexibility index (Phi) is 4.51. The second-order valence-electron chi connectivity index (χ2n) is 5.03. The van der Waals surface area contributed by atoms with Gasteiger partial charge in [0.15, 0.2) is 0 Å². The van der Waals surface area contributed by atoms with E-state index in [1.54, 1.807) is 7.11 Å². The number of piperazine rings is 1. The fourth-order valence-corrected chi connectivity index (χ4v) is 3.00. The Bertz CT molecular complexity index is 409. The third-order valence-corrected chi connectivity index (χ3v) is 4.14. The quantitative estimate of drug-likeness (QED) is 0.929. The predicted molar refractivity (Wildman–Crippen MR) is 79.5 cm³/mol. The standard InChI is InChI=1S/C14H21BrN2O/c1-10(2)13-9-16-6-7-17(13)11-4-5-14(18-3)12(15)8-11/h4-5,8,10,13,16H,6-7,9H2,1-3H3. The normalized spacial score (nSPS) is 20.3. The maximum absolute atomic E-state index is 5.28. The molecule has 100 valence electrons. The molecule has 18 heavy (non-hydrogen) atoms. The summed E-state index contributed by atoms with van der Waals surface area (Å²) in [6.45, 7) is 7.72. The third-order valence-electron chi connectivity index (χ3n) is 3.52. The van der Waals surface area contributed by atoms with Crippen LogP contribution in [0.3, 0.4) is 0 Å². The summed E-state index contributed by atoms with van der Waals surface area (Å²) in [5.41, 5.74) is 1.27. The summed E-state index contributed by atoms with van der Waals surface area (Å²) in [6, 6.07) is 6.88. The van der Waals surface area contributed by atoms with E-state index in [0.717, 1.165) is 29.9 Å². The number of hydrogen-bond donors (Lipinski definition) is 1. The lowest BCUT2D eigenvalue weighted by Crippen LogP contribution is -2.53. The molecule has 4 heteroatoms. The van der Waals surface area contributed by atoms with Gasteiger partial charge >= 0.3 is 0 Å². The van der Waals surface area contributed by atoms with Crippen LogP contribution in [0, 0.1) is 5.92 Å². The van der Waals surface area contributed by atoms with Crippen molar-refractivity contribution in [3.05, 3.63) is 22.7 Å². The zero-order valence-corrected chi connectivity index (χ0v) is 12.8. The van der Waals surface area contributed by atoms with Crippen molar-refractivity contribution in [1.82, 2.24) is 5.32 Å². The first-order chi connectivity index (χ1) is 8.63. The molecule has 1 saturated heterocycles. The van der Waals surface area contributed by atoms with E-state index in [9.17, 15) is 0 Å². The van der Waals surface area contributed by atoms with Gasteiger partial charge in [-0.3, -0.25) is 0 Å². The van der Waals surface area contributed by atoms with Crippen LogP contribution in [-0.2, 0) is 0 Å². The molecule has 0 bridgehead atoms. The van der Waals surface area contributed by atoms with Crippen LogP contribution in [0.25, 0.3) is 0 Å². The van der Waals surface area contributed by atoms with Crippen LogP contribution < -0.4 is 15.0 Å². The highest BCUT2D eigenvalue weighted by molar-refractivity contribution is 9.10. The first-order valence-electron chi connectivity index (χ1n) is 6.44. The van der Waals surface area contributed by atoms with Gasteiger partial charge in [-0.25, -0.2) is 0 Å². The van der Waals surface area contributed by atoms with E-state index in [1.165, 1.54) is 5.69 Å². The van der Waals surface area contributed by atoms with Gasteiger partial charge in [0.2, 0.25) is 0 Å². The van der Waals surface area contributed by atoms with Crippen LogP contribution in [0.1, 0.15) is 13.8 Å². The molecule has 0 amide bonds. The molecule has 1 aromatic rings. The SMILES string of the molecule is COc1ccc(N2CCNCC2C(C)C)cc1Br. The number of anilines is 1. The molecule has 0 spiro atoms. The lowest BCUT2D eigenvalue weighted by Gasteiger charge is -2.40. The van der Waals surface area contributed by atoms with E-state index in [4.69, 9.17) is 4.74 Å². The highest BCUT2D eigenvalue weighted by Crippen LogP contribution is 2.31. The van der Waals surface area contributed by atoms with Crippen LogP contribution >= 0.6 is 15.9 Å². The number of hydrogen-bond acceptors (Lipinski definition) is 3. The molecule has 1 aromatic carbocycles. The highest BCUT2D eigenvalue weighted by atomic mass is 79.9. The van der Waals surface area contributed by atoms with E-state index in [2.05, 4.69) is 52.1 Å². The maximum atomic E-state index is 5.28. The Morgan fingerprint density at radius 2 is 2.22 bits per heavy atom. The van der Waals surface area contributed by atoms with Crippen molar-refractivity contribution in [2.75, 3.05) is 31.6 Å². The summed E-state index contributed by atoms with van der Waals surface area (Å²) in [5.74, 6) is 1.52. The number of methoxy groups -OCH3 is 1. The number of rotatable bonds is 3. The van der Waals surface area contributed by atoms with Crippen molar-refractivity contribution in [2.45, 2.75) is 19.9 Å². The fraction of sp³-hybridized carbons (Fsp3) is 0.571. The molecular formula is C14H21BrN2O. The molecular weight excluding hydrogens is 292 g/mol. The summed E-state index contributed by atoms with van der Waals surface area (Å²) < 4.78 is 6.30. The third kappa shape index (κ3) is 2.81. The summed E-state index contributed by atoms with van der Waals surface area (Å²) in [5, 5.41) is 3.47. The predicted octanol–water partition coefficient (Wildman–Crippen LogP) is 2.89. The smallest absolute Gasteiger partial charge is 0.133 e. The van der Waals surface area contributed by atoms with Crippen LogP contribution in [0.5, 0.6) is 5.75 Å². The average Bonchev–Trinajstić information content (AvgIpc) is 2.38. The molecule has 0 aliphatic carbocycles. The van der Waals surface area contributed by atoms with Gasteiger partial charge in [-0.05, 0) is 40.0 Å². The Labute approximate surface area is 118 Å². The summed E-state index contributed by atoms with van der Waals surface area (Å²) in [6.07, 6.45) is 0. The van der Waals surface area contributed by atoms with Crippen LogP contribution in [0.2, 0.25) is 0 Å². The second-order valence-corrected chi connectivity index (χ2v) is 5.88. The summed E-state index contributed by atoms with van der Waals surface area (Å²) in [4.78, 5) is 2.49. The van der Waals surface area contributed by atoms with E-state index in [1.807, 2.05) is 6.07 Å². The molecule has 1 heterocycles. The van der Waals surface area contributed by atoms with E-state index < -0.39 is 0 Å². The Hall–Kier alpha value is -0.740. The number of benzene rings is 1. The molecule has 1 N–H and O–H groups in total. The average molecular weight is 313 g/mol. The van der Waals surface area contributed by atoms with Gasteiger partial charge in [0.25, 0.3) is 0 Å². The molecule has 1 aliphatic heterocycles. The van der Waals surface area contributed by atoms with Crippen molar-refractivity contribution in [3.8, 4) is 5.75 Å². The molecule has 1 atom stereocenters. The largest absolute Gasteiger partial charge is 0.496 e. The van der Waals surface area contributed by atoms with E-state index in [-0.39, 0.29) is 0 Å². The van der Waals surface area contributed by atoms with E-state index >= 15 is 0 Å². The minimum absolute atomic E-state index is 0.555. The Morgan fingerprint density at radius 3 is 2.83 bits per heavy atom. The number of nitrogens with zero attached hydrogens (tertiary/aromatic N) is 1. The lowest BCUT2D eigenvalue weighted by molar-refractivity contribution is 0.389. The minimum atomic E-state index is 0.555.